The molecule has 0 spiro atoms. The summed E-state index contributed by atoms with van der Waals surface area (Å²) in [7, 11) is 0. The highest BCUT2D eigenvalue weighted by atomic mass is 35.5. The highest BCUT2D eigenvalue weighted by molar-refractivity contribution is 6.30. The minimum atomic E-state index is -0.588. The second-order valence-corrected chi connectivity index (χ2v) is 4.87. The lowest BCUT2D eigenvalue weighted by Gasteiger charge is -2.15. The normalized spacial score (nSPS) is 12.2. The molecule has 0 fully saturated rings. The number of rotatable bonds is 5. The Morgan fingerprint density at radius 2 is 1.95 bits per heavy atom. The Labute approximate surface area is 122 Å². The minimum absolute atomic E-state index is 0.0693. The Hall–Kier alpha value is -1.58. The van der Waals surface area contributed by atoms with Gasteiger partial charge in [0.1, 0.15) is 18.2 Å². The molecule has 2 aromatic carbocycles. The number of aliphatic hydroxyl groups excluding tert-OH is 1. The van der Waals surface area contributed by atoms with E-state index in [1.54, 1.807) is 24.3 Å². The first-order valence-electron chi connectivity index (χ1n) is 6.46. The summed E-state index contributed by atoms with van der Waals surface area (Å²) in [6.07, 6.45) is 0.00160. The van der Waals surface area contributed by atoms with Crippen LogP contribution >= 0.6 is 11.6 Å². The van der Waals surface area contributed by atoms with Gasteiger partial charge in [0.25, 0.3) is 0 Å². The monoisotopic (exact) mass is 294 g/mol. The van der Waals surface area contributed by atoms with E-state index in [2.05, 4.69) is 0 Å². The molecule has 0 aliphatic heterocycles. The van der Waals surface area contributed by atoms with E-state index in [1.165, 1.54) is 6.07 Å². The van der Waals surface area contributed by atoms with E-state index >= 15 is 0 Å². The molecule has 0 aromatic heterocycles. The van der Waals surface area contributed by atoms with Crippen molar-refractivity contribution >= 4 is 11.6 Å². The molecule has 4 heteroatoms. The molecule has 0 amide bonds. The van der Waals surface area contributed by atoms with Crippen LogP contribution in [0.3, 0.4) is 0 Å². The van der Waals surface area contributed by atoms with Crippen molar-refractivity contribution in [3.63, 3.8) is 0 Å². The van der Waals surface area contributed by atoms with Crippen LogP contribution in [0.25, 0.3) is 0 Å². The van der Waals surface area contributed by atoms with Crippen LogP contribution in [0.15, 0.2) is 42.5 Å². The fourth-order valence-corrected chi connectivity index (χ4v) is 2.12. The summed E-state index contributed by atoms with van der Waals surface area (Å²) >= 11 is 5.73. The molecule has 2 nitrogen and oxygen atoms in total. The molecule has 106 valence electrons. The summed E-state index contributed by atoms with van der Waals surface area (Å²) in [4.78, 5) is 0. The van der Waals surface area contributed by atoms with Gasteiger partial charge in [-0.1, -0.05) is 48.9 Å². The van der Waals surface area contributed by atoms with Crippen LogP contribution < -0.4 is 4.74 Å². The van der Waals surface area contributed by atoms with Crippen LogP contribution in [0, 0.1) is 5.82 Å². The van der Waals surface area contributed by atoms with Gasteiger partial charge >= 0.3 is 0 Å². The first-order chi connectivity index (χ1) is 9.63. The average Bonchev–Trinajstić information content (AvgIpc) is 2.48. The molecule has 0 aliphatic rings. The van der Waals surface area contributed by atoms with Crippen LogP contribution in [0.2, 0.25) is 5.02 Å². The van der Waals surface area contributed by atoms with Gasteiger partial charge < -0.3 is 9.84 Å². The summed E-state index contributed by atoms with van der Waals surface area (Å²) in [6, 6.07) is 12.0. The third-order valence-corrected chi connectivity index (χ3v) is 3.37. The van der Waals surface area contributed by atoms with Crippen molar-refractivity contribution in [1.29, 1.82) is 0 Å². The molecule has 0 saturated heterocycles. The van der Waals surface area contributed by atoms with E-state index in [0.29, 0.717) is 23.3 Å². The quantitative estimate of drug-likeness (QED) is 0.879. The number of hydrogen-bond donors (Lipinski definition) is 1. The topological polar surface area (TPSA) is 29.5 Å². The third kappa shape index (κ3) is 3.30. The van der Waals surface area contributed by atoms with Gasteiger partial charge in [0.2, 0.25) is 0 Å². The van der Waals surface area contributed by atoms with Gasteiger partial charge in [0.15, 0.2) is 0 Å². The lowest BCUT2D eigenvalue weighted by molar-refractivity contribution is 0.166. The lowest BCUT2D eigenvalue weighted by atomic mass is 10.1. The second-order valence-electron chi connectivity index (χ2n) is 4.46. The summed E-state index contributed by atoms with van der Waals surface area (Å²) in [5.41, 5.74) is 1.09. The lowest BCUT2D eigenvalue weighted by Crippen LogP contribution is -2.03. The second kappa shape index (κ2) is 6.73. The van der Waals surface area contributed by atoms with Gasteiger partial charge in [-0.05, 0) is 18.6 Å². The summed E-state index contributed by atoms with van der Waals surface area (Å²) in [5, 5.41) is 10.0. The van der Waals surface area contributed by atoms with Gasteiger partial charge in [-0.3, -0.25) is 0 Å². The van der Waals surface area contributed by atoms with E-state index in [-0.39, 0.29) is 11.6 Å². The predicted molar refractivity (Wildman–Crippen MR) is 77.4 cm³/mol. The Balaban J connectivity index is 2.17. The number of halogens is 2. The minimum Gasteiger partial charge on any atom is -0.488 e. The number of benzene rings is 2. The van der Waals surface area contributed by atoms with Gasteiger partial charge in [0.05, 0.1) is 11.1 Å². The molecule has 2 rings (SSSR count). The number of aliphatic hydroxyl groups is 1. The number of ether oxygens (including phenoxy) is 1. The highest BCUT2D eigenvalue weighted by Crippen LogP contribution is 2.28. The maximum absolute atomic E-state index is 13.8. The Bertz CT molecular complexity index is 586. The Morgan fingerprint density at radius 1 is 1.20 bits per heavy atom. The van der Waals surface area contributed by atoms with Gasteiger partial charge in [0, 0.05) is 11.1 Å². The molecule has 0 bridgehead atoms. The summed E-state index contributed by atoms with van der Waals surface area (Å²) < 4.78 is 19.4. The van der Waals surface area contributed by atoms with Gasteiger partial charge in [-0.15, -0.1) is 0 Å². The molecule has 20 heavy (non-hydrogen) atoms. The Morgan fingerprint density at radius 3 is 2.70 bits per heavy atom. The first-order valence-corrected chi connectivity index (χ1v) is 6.84. The van der Waals surface area contributed by atoms with E-state index < -0.39 is 11.9 Å². The summed E-state index contributed by atoms with van der Waals surface area (Å²) in [5.74, 6) is 0.0870. The van der Waals surface area contributed by atoms with Crippen molar-refractivity contribution in [2.45, 2.75) is 26.1 Å². The largest absolute Gasteiger partial charge is 0.488 e. The van der Waals surface area contributed by atoms with Crippen LogP contribution in [0.1, 0.15) is 30.6 Å². The first kappa shape index (κ1) is 14.8. The van der Waals surface area contributed by atoms with Gasteiger partial charge in [-0.25, -0.2) is 4.39 Å². The molecule has 0 aliphatic carbocycles. The smallest absolute Gasteiger partial charge is 0.148 e. The zero-order valence-corrected chi connectivity index (χ0v) is 11.9. The molecular formula is C16H16ClFO2. The maximum Gasteiger partial charge on any atom is 0.148 e. The van der Waals surface area contributed by atoms with Crippen molar-refractivity contribution < 1.29 is 14.2 Å². The number of para-hydroxylation sites is 1. The van der Waals surface area contributed by atoms with Crippen molar-refractivity contribution in [2.75, 3.05) is 0 Å². The van der Waals surface area contributed by atoms with Crippen LogP contribution in [-0.2, 0) is 6.61 Å². The van der Waals surface area contributed by atoms with Crippen LogP contribution in [0.4, 0.5) is 4.39 Å². The van der Waals surface area contributed by atoms with Crippen LogP contribution in [0.5, 0.6) is 5.75 Å². The van der Waals surface area contributed by atoms with Gasteiger partial charge in [-0.2, -0.15) is 0 Å². The molecule has 1 N–H and O–H groups in total. The zero-order valence-electron chi connectivity index (χ0n) is 11.1. The molecule has 0 unspecified atom stereocenters. The molecule has 2 aromatic rings. The van der Waals surface area contributed by atoms with Crippen LogP contribution in [-0.4, -0.2) is 5.11 Å². The average molecular weight is 295 g/mol. The fourth-order valence-electron chi connectivity index (χ4n) is 1.92. The van der Waals surface area contributed by atoms with E-state index in [0.717, 1.165) is 0 Å². The van der Waals surface area contributed by atoms with Crippen molar-refractivity contribution in [1.82, 2.24) is 0 Å². The number of hydrogen-bond acceptors (Lipinski definition) is 2. The molecule has 1 atom stereocenters. The molecule has 0 saturated carbocycles. The zero-order chi connectivity index (χ0) is 14.5. The van der Waals surface area contributed by atoms with Crippen molar-refractivity contribution in [3.05, 3.63) is 64.4 Å². The fraction of sp³-hybridized carbons (Fsp3) is 0.250. The maximum atomic E-state index is 13.8. The summed E-state index contributed by atoms with van der Waals surface area (Å²) in [6.45, 7) is 1.96. The van der Waals surface area contributed by atoms with E-state index in [9.17, 15) is 9.50 Å². The SMILES string of the molecule is CC[C@@H](O)c1ccccc1OCc1cccc(Cl)c1F. The molecule has 0 radical (unpaired) electrons. The molecule has 0 heterocycles. The standard InChI is InChI=1S/C16H16ClFO2/c1-2-14(19)12-7-3-4-9-15(12)20-10-11-6-5-8-13(17)16(11)18/h3-9,14,19H,2,10H2,1H3/t14-/m1/s1. The predicted octanol–water partition coefficient (Wildman–Crippen LogP) is 4.50. The van der Waals surface area contributed by atoms with E-state index in [1.807, 2.05) is 19.1 Å². The van der Waals surface area contributed by atoms with Crippen molar-refractivity contribution in [3.8, 4) is 5.75 Å². The highest BCUT2D eigenvalue weighted by Gasteiger charge is 2.12. The van der Waals surface area contributed by atoms with E-state index in [4.69, 9.17) is 16.3 Å². The molecular weight excluding hydrogens is 279 g/mol. The Kier molecular flexibility index (Phi) is 4.99. The van der Waals surface area contributed by atoms with Crippen molar-refractivity contribution in [2.24, 2.45) is 0 Å². The third-order valence-electron chi connectivity index (χ3n) is 3.08.